The van der Waals surface area contributed by atoms with Crippen LogP contribution in [0.3, 0.4) is 0 Å². The summed E-state index contributed by atoms with van der Waals surface area (Å²) in [7, 11) is 0. The SMILES string of the molecule is O=C(Cc1c(F)c(F)c(F)c(F)c1F)Nc1nc2c(nc1CC1CCCCC1)-c1ccc(CO)cc1CC2.O=C(Cc1ccc(F)c(F)c1)Nc1nc2c(nc1CC1CCCCC1)-c1ccc(CO)cc1CC2.O=C(Cc1ccc(I)cc1)Nc1nc2c(nc1CC1CCCCC1)-c1ccc(CO)cc1CC2.O=C(Nc1nc2c(nc1CC1CCCCC1)-c1ccc(CO)cc1CC2)c1ccccc1. The number of carbonyl (C=O) groups excluding carboxylic acids is 4. The second kappa shape index (κ2) is 46.0. The van der Waals surface area contributed by atoms with Crippen molar-refractivity contribution in [3.63, 3.8) is 0 Å². The van der Waals surface area contributed by atoms with Gasteiger partial charge in [0.15, 0.2) is 58.2 Å². The highest BCUT2D eigenvalue weighted by Gasteiger charge is 2.34. The Morgan fingerprint density at radius 3 is 0.921 bits per heavy atom. The molecule has 4 aromatic heterocycles. The number of amides is 4. The van der Waals surface area contributed by atoms with Crippen LogP contribution < -0.4 is 21.3 Å². The predicted octanol–water partition coefficient (Wildman–Crippen LogP) is 21.8. The van der Waals surface area contributed by atoms with Crippen LogP contribution in [0.5, 0.6) is 0 Å². The minimum Gasteiger partial charge on any atom is -0.392 e. The number of fused-ring (bicyclic) bond motifs is 12. The number of aryl methyl sites for hydroxylation is 8. The van der Waals surface area contributed by atoms with Gasteiger partial charge in [0.1, 0.15) is 0 Å². The topological polar surface area (TPSA) is 300 Å². The van der Waals surface area contributed by atoms with Crippen LogP contribution in [-0.4, -0.2) is 83.9 Å². The summed E-state index contributed by atoms with van der Waals surface area (Å²) in [5.41, 5.74) is 22.9. The van der Waals surface area contributed by atoms with Crippen LogP contribution in [0.4, 0.5) is 54.0 Å². The van der Waals surface area contributed by atoms with E-state index in [1.165, 1.54) is 101 Å². The normalized spacial score (nSPS) is 15.4. The minimum atomic E-state index is -2.27. The number of hydrogen-bond acceptors (Lipinski definition) is 16. The molecule has 4 heterocycles. The fourth-order valence-electron chi connectivity index (χ4n) is 20.8. The van der Waals surface area contributed by atoms with Gasteiger partial charge in [-0.1, -0.05) is 238 Å². The summed E-state index contributed by atoms with van der Waals surface area (Å²) in [6, 6.07) is 44.6. The summed E-state index contributed by atoms with van der Waals surface area (Å²) in [5, 5.41) is 49.7. The van der Waals surface area contributed by atoms with Crippen molar-refractivity contribution in [1.29, 1.82) is 0 Å². The predicted molar refractivity (Wildman–Crippen MR) is 527 cm³/mol. The largest absolute Gasteiger partial charge is 0.392 e. The van der Waals surface area contributed by atoms with E-state index < -0.39 is 58.6 Å². The van der Waals surface area contributed by atoms with E-state index in [9.17, 15) is 70.3 Å². The lowest BCUT2D eigenvalue weighted by atomic mass is 9.85. The maximum atomic E-state index is 14.2. The smallest absolute Gasteiger partial charge is 0.256 e. The number of nitrogens with zero attached hydrogens (tertiary/aromatic N) is 8. The van der Waals surface area contributed by atoms with Gasteiger partial charge in [-0.3, -0.25) is 19.2 Å². The molecule has 139 heavy (non-hydrogen) atoms. The standard InChI is InChI=1S/C28H26F5N3O2.C28H29F2N3O2.C28H30IN3O2.C27H29N3O2/c29-22-18(23(30)25(32)26(33)24(22)31)12-21(38)36-28-20(11-14-4-2-1-3-5-14)34-27-17-8-6-15(13-37)10-16(17)7-9-19(27)35-28;29-22-10-7-18(13-23(22)30)15-26(35)33-28-25(14-17-4-2-1-3-5-17)31-27-21-9-6-19(16-34)12-20(21)8-11-24(27)32-28;29-22-10-6-19(7-11-22)16-26(34)32-28-25(15-18-4-2-1-3-5-18)30-27-23-12-8-20(17-33)14-21(23)9-13-24(27)31-28;31-17-19-11-13-22-21(15-19)12-14-23-25(22)28-24(16-18-7-3-1-4-8-18)26(29-23)30-27(32)20-9-5-2-6-10-20/h6,8,10,14,37H,1-5,7,9,11-13H2,(H,35,36,38);6-7,9-10,12-13,17,34H,1-5,8,11,14-16H2,(H,32,33,35);6-8,10-12,14,18,33H,1-5,9,13,15-17H2,(H,31,32,34);2,5-6,9-11,13,15,18,31H,1,3-4,7-8,12,14,16-17H2,(H,29,30,32). The second-order valence-corrected chi connectivity index (χ2v) is 39.4. The Kier molecular flexibility index (Phi) is 32.6. The molecule has 20 nitrogen and oxygen atoms in total. The Bertz CT molecular complexity index is 6500. The number of halogens is 8. The molecule has 0 spiro atoms. The van der Waals surface area contributed by atoms with Crippen LogP contribution in [0, 0.1) is 68.0 Å². The zero-order chi connectivity index (χ0) is 96.7. The van der Waals surface area contributed by atoms with E-state index in [2.05, 4.69) is 73.1 Å². The number of rotatable bonds is 23. The third-order valence-corrected chi connectivity index (χ3v) is 29.0. The Labute approximate surface area is 817 Å². The van der Waals surface area contributed by atoms with Gasteiger partial charge in [-0.2, -0.15) is 0 Å². The second-order valence-electron chi connectivity index (χ2n) is 38.1. The van der Waals surface area contributed by atoms with Crippen molar-refractivity contribution in [1.82, 2.24) is 39.9 Å². The molecule has 8 N–H and O–H groups in total. The Hall–Kier alpha value is -12.0. The Morgan fingerprint density at radius 1 is 0.302 bits per heavy atom. The van der Waals surface area contributed by atoms with Crippen LogP contribution >= 0.6 is 22.6 Å². The van der Waals surface area contributed by atoms with Gasteiger partial charge < -0.3 is 41.7 Å². The average molecular weight is 2000 g/mol. The molecule has 0 aliphatic heterocycles. The number of nitrogens with one attached hydrogen (secondary N) is 4. The van der Waals surface area contributed by atoms with Crippen molar-refractivity contribution in [2.45, 2.75) is 251 Å². The maximum Gasteiger partial charge on any atom is 0.256 e. The van der Waals surface area contributed by atoms with Crippen molar-refractivity contribution in [2.24, 2.45) is 23.7 Å². The van der Waals surface area contributed by atoms with Crippen molar-refractivity contribution >= 4 is 69.5 Å². The van der Waals surface area contributed by atoms with Gasteiger partial charge in [0.05, 0.1) is 114 Å². The molecule has 0 atom stereocenters. The van der Waals surface area contributed by atoms with Gasteiger partial charge >= 0.3 is 0 Å². The van der Waals surface area contributed by atoms with Crippen LogP contribution in [0.2, 0.25) is 0 Å². The lowest BCUT2D eigenvalue weighted by molar-refractivity contribution is -0.116. The number of anilines is 4. The molecule has 0 radical (unpaired) electrons. The van der Waals surface area contributed by atoms with Crippen molar-refractivity contribution in [3.05, 3.63) is 302 Å². The van der Waals surface area contributed by atoms with E-state index in [1.807, 2.05) is 103 Å². The van der Waals surface area contributed by atoms with Crippen molar-refractivity contribution < 1.29 is 70.3 Å². The summed E-state index contributed by atoms with van der Waals surface area (Å²) in [6.45, 7) is 0.0158. The van der Waals surface area contributed by atoms with Gasteiger partial charge in [0.25, 0.3) is 5.91 Å². The maximum absolute atomic E-state index is 14.2. The first-order valence-corrected chi connectivity index (χ1v) is 50.1. The molecule has 12 aromatic rings. The summed E-state index contributed by atoms with van der Waals surface area (Å²) in [5.74, 6) is -10.1. The van der Waals surface area contributed by atoms with Crippen LogP contribution in [-0.2, 0) is 137 Å². The molecular weight excluding hydrogens is 1890 g/mol. The fourth-order valence-corrected chi connectivity index (χ4v) is 21.2. The van der Waals surface area contributed by atoms with Gasteiger partial charge in [0.2, 0.25) is 23.5 Å². The van der Waals surface area contributed by atoms with Gasteiger partial charge in [-0.25, -0.2) is 70.6 Å². The van der Waals surface area contributed by atoms with Crippen molar-refractivity contribution in [2.75, 3.05) is 21.3 Å². The molecule has 8 aliphatic rings. The molecular formula is C111H114F7IN12O8. The van der Waals surface area contributed by atoms with Gasteiger partial charge in [0, 0.05) is 37.0 Å². The minimum absolute atomic E-state index is 0.00166. The molecule has 4 saturated carbocycles. The molecule has 0 unspecified atom stereocenters. The first-order valence-electron chi connectivity index (χ1n) is 49.0. The van der Waals surface area contributed by atoms with Gasteiger partial charge in [-0.15, -0.1) is 0 Å². The highest BCUT2D eigenvalue weighted by Crippen LogP contribution is 2.43. The Balaban J connectivity index is 0.000000128. The third kappa shape index (κ3) is 24.2. The molecule has 722 valence electrons. The zero-order valence-electron chi connectivity index (χ0n) is 77.8. The number of aromatic nitrogens is 8. The number of aliphatic hydroxyl groups excluding tert-OH is 4. The van der Waals surface area contributed by atoms with Gasteiger partial charge in [-0.05, 0) is 215 Å². The van der Waals surface area contributed by atoms with Crippen LogP contribution in [0.1, 0.15) is 246 Å². The first-order chi connectivity index (χ1) is 67.5. The summed E-state index contributed by atoms with van der Waals surface area (Å²) in [6.07, 6.45) is 31.9. The molecule has 4 amide bonds. The molecule has 8 aliphatic carbocycles. The summed E-state index contributed by atoms with van der Waals surface area (Å²) < 4.78 is 97.0. The van der Waals surface area contributed by atoms with Crippen LogP contribution in [0.15, 0.2) is 146 Å². The average Bonchev–Trinajstić information content (AvgIpc) is 0.774. The summed E-state index contributed by atoms with van der Waals surface area (Å²) in [4.78, 5) is 91.1. The number of benzene rings is 8. The van der Waals surface area contributed by atoms with Crippen LogP contribution in [0.25, 0.3) is 45.0 Å². The highest BCUT2D eigenvalue weighted by atomic mass is 127. The van der Waals surface area contributed by atoms with Crippen molar-refractivity contribution in [3.8, 4) is 45.0 Å². The number of hydrogen-bond donors (Lipinski definition) is 8. The highest BCUT2D eigenvalue weighted by molar-refractivity contribution is 14.1. The van der Waals surface area contributed by atoms with E-state index in [0.717, 1.165) is 224 Å². The molecule has 8 aromatic carbocycles. The molecule has 4 fully saturated rings. The Morgan fingerprint density at radius 2 is 0.597 bits per heavy atom. The molecule has 0 saturated heterocycles. The van der Waals surface area contributed by atoms with E-state index in [1.54, 1.807) is 0 Å². The van der Waals surface area contributed by atoms with E-state index >= 15 is 0 Å². The summed E-state index contributed by atoms with van der Waals surface area (Å²) >= 11 is 2.27. The number of aliphatic hydroxyl groups is 4. The zero-order valence-corrected chi connectivity index (χ0v) is 79.9. The fraction of sp³-hybridized carbons (Fsp3) is 0.387. The monoisotopic (exact) mass is 2000 g/mol. The molecule has 0 bridgehead atoms. The molecule has 20 rings (SSSR count). The van der Waals surface area contributed by atoms with E-state index in [0.29, 0.717) is 101 Å². The first kappa shape index (κ1) is 98.6. The molecule has 28 heteroatoms. The van der Waals surface area contributed by atoms with E-state index in [4.69, 9.17) is 34.9 Å². The van der Waals surface area contributed by atoms with E-state index in [-0.39, 0.29) is 56.4 Å². The number of carbonyl (C=O) groups is 4. The lowest BCUT2D eigenvalue weighted by Crippen LogP contribution is -2.22. The third-order valence-electron chi connectivity index (χ3n) is 28.2. The lowest BCUT2D eigenvalue weighted by Gasteiger charge is -2.25. The quantitative estimate of drug-likeness (QED) is 0.0128.